The molecule has 1 saturated carbocycles. The van der Waals surface area contributed by atoms with E-state index in [0.717, 1.165) is 12.8 Å². The molecule has 1 rings (SSSR count). The Bertz CT molecular complexity index is 229. The van der Waals surface area contributed by atoms with Crippen LogP contribution in [0.1, 0.15) is 40.5 Å². The summed E-state index contributed by atoms with van der Waals surface area (Å²) in [6.45, 7) is 7.14. The molecule has 0 aliphatic heterocycles. The van der Waals surface area contributed by atoms with Gasteiger partial charge >= 0.3 is 0 Å². The summed E-state index contributed by atoms with van der Waals surface area (Å²) < 4.78 is 0. The van der Waals surface area contributed by atoms with Gasteiger partial charge in [0.05, 0.1) is 5.41 Å². The number of Topliss-reactive ketones (excluding diaryl/α,β-unsaturated/α-hetero) is 2. The molecular formula is C10H16O2. The molecule has 2 nitrogen and oxygen atoms in total. The quantitative estimate of drug-likeness (QED) is 0.591. The first kappa shape index (κ1) is 9.43. The van der Waals surface area contributed by atoms with E-state index in [0.29, 0.717) is 0 Å². The van der Waals surface area contributed by atoms with Gasteiger partial charge in [0.15, 0.2) is 5.78 Å². The molecule has 12 heavy (non-hydrogen) atoms. The number of carbonyl (C=O) groups excluding carboxylic acids is 2. The fraction of sp³-hybridized carbons (Fsp3) is 0.800. The van der Waals surface area contributed by atoms with Crippen LogP contribution in [0.4, 0.5) is 0 Å². The molecule has 0 saturated heterocycles. The fourth-order valence-corrected chi connectivity index (χ4v) is 1.58. The van der Waals surface area contributed by atoms with Crippen molar-refractivity contribution in [3.05, 3.63) is 0 Å². The van der Waals surface area contributed by atoms with Gasteiger partial charge in [0.2, 0.25) is 0 Å². The maximum absolute atomic E-state index is 11.8. The first-order valence-electron chi connectivity index (χ1n) is 4.37. The zero-order valence-electron chi connectivity index (χ0n) is 8.23. The van der Waals surface area contributed by atoms with Gasteiger partial charge in [-0.15, -0.1) is 0 Å². The highest BCUT2D eigenvalue weighted by Crippen LogP contribution is 2.50. The number of rotatable bonds is 2. The molecule has 0 unspecified atom stereocenters. The van der Waals surface area contributed by atoms with E-state index < -0.39 is 5.41 Å². The van der Waals surface area contributed by atoms with Crippen LogP contribution in [-0.2, 0) is 9.59 Å². The minimum absolute atomic E-state index is 0.0439. The van der Waals surface area contributed by atoms with Crippen LogP contribution in [-0.4, -0.2) is 11.6 Å². The van der Waals surface area contributed by atoms with Crippen LogP contribution in [0.5, 0.6) is 0 Å². The van der Waals surface area contributed by atoms with E-state index in [9.17, 15) is 9.59 Å². The van der Waals surface area contributed by atoms with Gasteiger partial charge in [0, 0.05) is 5.41 Å². The summed E-state index contributed by atoms with van der Waals surface area (Å²) in [5.74, 6) is 0.157. The van der Waals surface area contributed by atoms with Crippen molar-refractivity contribution in [1.29, 1.82) is 0 Å². The maximum atomic E-state index is 11.8. The first-order chi connectivity index (χ1) is 5.31. The van der Waals surface area contributed by atoms with E-state index in [1.54, 1.807) is 0 Å². The lowest BCUT2D eigenvalue weighted by atomic mass is 9.79. The largest absolute Gasteiger partial charge is 0.299 e. The van der Waals surface area contributed by atoms with Crippen LogP contribution < -0.4 is 0 Å². The summed E-state index contributed by atoms with van der Waals surface area (Å²) in [4.78, 5) is 23.0. The Morgan fingerprint density at radius 2 is 1.58 bits per heavy atom. The van der Waals surface area contributed by atoms with Crippen LogP contribution in [0.15, 0.2) is 0 Å². The average Bonchev–Trinajstić information content (AvgIpc) is 2.62. The minimum Gasteiger partial charge on any atom is -0.299 e. The highest BCUT2D eigenvalue weighted by molar-refractivity contribution is 6.10. The Labute approximate surface area is 73.3 Å². The molecule has 0 aromatic carbocycles. The summed E-state index contributed by atoms with van der Waals surface area (Å²) in [5.41, 5.74) is -0.958. The number of hydrogen-bond donors (Lipinski definition) is 0. The van der Waals surface area contributed by atoms with E-state index >= 15 is 0 Å². The fourth-order valence-electron chi connectivity index (χ4n) is 1.58. The van der Waals surface area contributed by atoms with Crippen molar-refractivity contribution in [2.45, 2.75) is 40.5 Å². The number of ketones is 2. The average molecular weight is 168 g/mol. The Morgan fingerprint density at radius 1 is 1.17 bits per heavy atom. The Hall–Kier alpha value is -0.660. The van der Waals surface area contributed by atoms with Gasteiger partial charge in [-0.25, -0.2) is 0 Å². The standard InChI is InChI=1S/C10H16O2/c1-7(11)10(5-6-10)8(12)9(2,3)4/h5-6H2,1-4H3. The Morgan fingerprint density at radius 3 is 1.67 bits per heavy atom. The molecule has 0 amide bonds. The molecule has 0 N–H and O–H groups in total. The molecule has 0 heterocycles. The van der Waals surface area contributed by atoms with Crippen LogP contribution in [0.3, 0.4) is 0 Å². The van der Waals surface area contributed by atoms with Crippen LogP contribution >= 0.6 is 0 Å². The maximum Gasteiger partial charge on any atom is 0.151 e. The molecule has 68 valence electrons. The monoisotopic (exact) mass is 168 g/mol. The van der Waals surface area contributed by atoms with Crippen molar-refractivity contribution in [2.75, 3.05) is 0 Å². The number of hydrogen-bond acceptors (Lipinski definition) is 2. The molecule has 1 aliphatic carbocycles. The van der Waals surface area contributed by atoms with Gasteiger partial charge in [0.1, 0.15) is 5.78 Å². The first-order valence-corrected chi connectivity index (χ1v) is 4.37. The molecule has 0 aromatic rings. The van der Waals surface area contributed by atoms with Gasteiger partial charge in [-0.1, -0.05) is 20.8 Å². The van der Waals surface area contributed by atoms with Gasteiger partial charge in [0.25, 0.3) is 0 Å². The van der Waals surface area contributed by atoms with Crippen LogP contribution in [0.2, 0.25) is 0 Å². The summed E-state index contributed by atoms with van der Waals surface area (Å²) in [6, 6.07) is 0. The summed E-state index contributed by atoms with van der Waals surface area (Å²) in [5, 5.41) is 0. The van der Waals surface area contributed by atoms with Crippen molar-refractivity contribution >= 4 is 11.6 Å². The molecular weight excluding hydrogens is 152 g/mol. The molecule has 1 aliphatic rings. The molecule has 1 fully saturated rings. The highest BCUT2D eigenvalue weighted by atomic mass is 16.2. The molecule has 0 radical (unpaired) electrons. The molecule has 0 spiro atoms. The summed E-state index contributed by atoms with van der Waals surface area (Å²) >= 11 is 0. The van der Waals surface area contributed by atoms with E-state index in [-0.39, 0.29) is 17.0 Å². The SMILES string of the molecule is CC(=O)C1(C(=O)C(C)(C)C)CC1. The lowest BCUT2D eigenvalue weighted by Crippen LogP contribution is -2.34. The number of carbonyl (C=O) groups is 2. The lowest BCUT2D eigenvalue weighted by molar-refractivity contribution is -0.138. The van der Waals surface area contributed by atoms with Crippen LogP contribution in [0, 0.1) is 10.8 Å². The topological polar surface area (TPSA) is 34.1 Å². The van der Waals surface area contributed by atoms with Crippen molar-refractivity contribution in [3.63, 3.8) is 0 Å². The van der Waals surface area contributed by atoms with Crippen molar-refractivity contribution < 1.29 is 9.59 Å². The van der Waals surface area contributed by atoms with Gasteiger partial charge in [-0.05, 0) is 19.8 Å². The molecule has 0 aromatic heterocycles. The van der Waals surface area contributed by atoms with Gasteiger partial charge in [-0.2, -0.15) is 0 Å². The third kappa shape index (κ3) is 1.30. The van der Waals surface area contributed by atoms with Crippen molar-refractivity contribution in [1.82, 2.24) is 0 Å². The Balaban J connectivity index is 2.85. The molecule has 2 heteroatoms. The van der Waals surface area contributed by atoms with Crippen molar-refractivity contribution in [2.24, 2.45) is 10.8 Å². The smallest absolute Gasteiger partial charge is 0.151 e. The Kier molecular flexibility index (Phi) is 1.89. The predicted molar refractivity (Wildman–Crippen MR) is 46.8 cm³/mol. The van der Waals surface area contributed by atoms with Crippen molar-refractivity contribution in [3.8, 4) is 0 Å². The van der Waals surface area contributed by atoms with Gasteiger partial charge < -0.3 is 0 Å². The second-order valence-electron chi connectivity index (χ2n) is 4.72. The third-order valence-corrected chi connectivity index (χ3v) is 2.54. The molecule has 0 atom stereocenters. The summed E-state index contributed by atoms with van der Waals surface area (Å²) in [6.07, 6.45) is 1.52. The lowest BCUT2D eigenvalue weighted by Gasteiger charge is -2.22. The second-order valence-corrected chi connectivity index (χ2v) is 4.72. The van der Waals surface area contributed by atoms with E-state index in [2.05, 4.69) is 0 Å². The van der Waals surface area contributed by atoms with E-state index in [1.165, 1.54) is 6.92 Å². The van der Waals surface area contributed by atoms with Gasteiger partial charge in [-0.3, -0.25) is 9.59 Å². The van der Waals surface area contributed by atoms with Crippen LogP contribution in [0.25, 0.3) is 0 Å². The highest BCUT2D eigenvalue weighted by Gasteiger charge is 2.56. The zero-order valence-corrected chi connectivity index (χ0v) is 8.23. The minimum atomic E-state index is -0.585. The summed E-state index contributed by atoms with van der Waals surface area (Å²) in [7, 11) is 0. The second kappa shape index (κ2) is 2.41. The third-order valence-electron chi connectivity index (χ3n) is 2.54. The normalized spacial score (nSPS) is 20.3. The molecule has 0 bridgehead atoms. The van der Waals surface area contributed by atoms with E-state index in [4.69, 9.17) is 0 Å². The zero-order chi connectivity index (χ0) is 9.57. The predicted octanol–water partition coefficient (Wildman–Crippen LogP) is 1.97. The van der Waals surface area contributed by atoms with E-state index in [1.807, 2.05) is 20.8 Å².